The van der Waals surface area contributed by atoms with Crippen molar-refractivity contribution in [1.29, 1.82) is 0 Å². The van der Waals surface area contributed by atoms with Gasteiger partial charge in [-0.3, -0.25) is 13.9 Å². The molecule has 0 saturated carbocycles. The third-order valence-corrected chi connectivity index (χ3v) is 4.20. The molecule has 0 saturated heterocycles. The second-order valence-corrected chi connectivity index (χ2v) is 6.84. The molecule has 2 aromatic rings. The van der Waals surface area contributed by atoms with Crippen molar-refractivity contribution in [2.24, 2.45) is 7.05 Å². The first-order chi connectivity index (χ1) is 9.27. The van der Waals surface area contributed by atoms with Gasteiger partial charge in [0, 0.05) is 30.5 Å². The van der Waals surface area contributed by atoms with Gasteiger partial charge in [0.25, 0.3) is 14.6 Å². The van der Waals surface area contributed by atoms with Crippen molar-refractivity contribution in [3.63, 3.8) is 0 Å². The van der Waals surface area contributed by atoms with Crippen LogP contribution in [0.15, 0.2) is 26.7 Å². The zero-order chi connectivity index (χ0) is 15.1. The van der Waals surface area contributed by atoms with Gasteiger partial charge in [-0.15, -0.1) is 0 Å². The van der Waals surface area contributed by atoms with Crippen LogP contribution in [-0.2, 0) is 22.6 Å². The van der Waals surface area contributed by atoms with Gasteiger partial charge in [-0.2, -0.15) is 0 Å². The van der Waals surface area contributed by atoms with Gasteiger partial charge in [0.1, 0.15) is 10.5 Å². The van der Waals surface area contributed by atoms with E-state index in [2.05, 4.69) is 4.98 Å². The van der Waals surface area contributed by atoms with E-state index in [1.165, 1.54) is 11.6 Å². The first-order valence-electron chi connectivity index (χ1n) is 5.81. The average Bonchev–Trinajstić information content (AvgIpc) is 2.39. The van der Waals surface area contributed by atoms with Gasteiger partial charge in [-0.1, -0.05) is 6.92 Å². The Hall–Kier alpha value is -1.67. The SMILES string of the molecule is CCCn1c(=O)n(C)c(=O)c2cc(S(=O)(=O)Cl)cnc21. The minimum atomic E-state index is -3.98. The van der Waals surface area contributed by atoms with E-state index in [0.29, 0.717) is 13.0 Å². The van der Waals surface area contributed by atoms with Crippen LogP contribution in [0.4, 0.5) is 0 Å². The summed E-state index contributed by atoms with van der Waals surface area (Å²) in [4.78, 5) is 27.7. The van der Waals surface area contributed by atoms with Gasteiger partial charge < -0.3 is 0 Å². The number of hydrogen-bond acceptors (Lipinski definition) is 5. The van der Waals surface area contributed by atoms with E-state index in [1.54, 1.807) is 0 Å². The fourth-order valence-electron chi connectivity index (χ4n) is 1.91. The molecular formula is C11H12ClN3O4S. The predicted octanol–water partition coefficient (Wildman–Crippen LogP) is 0.433. The second kappa shape index (κ2) is 5.02. The fourth-order valence-corrected chi connectivity index (χ4v) is 2.60. The third-order valence-electron chi connectivity index (χ3n) is 2.88. The second-order valence-electron chi connectivity index (χ2n) is 4.28. The van der Waals surface area contributed by atoms with Crippen molar-refractivity contribution in [2.45, 2.75) is 24.8 Å². The van der Waals surface area contributed by atoms with E-state index in [-0.39, 0.29) is 15.9 Å². The Balaban J connectivity index is 2.97. The summed E-state index contributed by atoms with van der Waals surface area (Å²) in [7, 11) is 2.58. The summed E-state index contributed by atoms with van der Waals surface area (Å²) in [6.45, 7) is 2.25. The van der Waals surface area contributed by atoms with Gasteiger partial charge in [0.15, 0.2) is 0 Å². The van der Waals surface area contributed by atoms with E-state index in [0.717, 1.165) is 16.8 Å². The lowest BCUT2D eigenvalue weighted by atomic mass is 10.3. The minimum Gasteiger partial charge on any atom is -0.277 e. The van der Waals surface area contributed by atoms with Gasteiger partial charge in [0.05, 0.1) is 5.39 Å². The monoisotopic (exact) mass is 317 g/mol. The number of aromatic nitrogens is 3. The molecule has 7 nitrogen and oxygen atoms in total. The van der Waals surface area contributed by atoms with E-state index >= 15 is 0 Å². The molecule has 0 aliphatic carbocycles. The quantitative estimate of drug-likeness (QED) is 0.766. The summed E-state index contributed by atoms with van der Waals surface area (Å²) in [6, 6.07) is 1.14. The van der Waals surface area contributed by atoms with Gasteiger partial charge in [-0.05, 0) is 12.5 Å². The molecule has 0 bridgehead atoms. The topological polar surface area (TPSA) is 91.0 Å². The highest BCUT2D eigenvalue weighted by atomic mass is 35.7. The van der Waals surface area contributed by atoms with Crippen LogP contribution in [0.1, 0.15) is 13.3 Å². The Morgan fingerprint density at radius 1 is 1.35 bits per heavy atom. The molecule has 0 atom stereocenters. The highest BCUT2D eigenvalue weighted by Crippen LogP contribution is 2.16. The number of aryl methyl sites for hydroxylation is 1. The van der Waals surface area contributed by atoms with Crippen molar-refractivity contribution < 1.29 is 8.42 Å². The van der Waals surface area contributed by atoms with Crippen LogP contribution in [0.5, 0.6) is 0 Å². The van der Waals surface area contributed by atoms with Crippen molar-refractivity contribution in [3.05, 3.63) is 33.1 Å². The lowest BCUT2D eigenvalue weighted by molar-refractivity contribution is 0.605. The predicted molar refractivity (Wildman–Crippen MR) is 74.6 cm³/mol. The Bertz CT molecular complexity index is 898. The summed E-state index contributed by atoms with van der Waals surface area (Å²) in [5, 5.41) is 0.0438. The normalized spacial score (nSPS) is 11.9. The molecule has 9 heteroatoms. The zero-order valence-electron chi connectivity index (χ0n) is 10.8. The maximum atomic E-state index is 12.1. The largest absolute Gasteiger partial charge is 0.332 e. The van der Waals surface area contributed by atoms with Gasteiger partial charge in [-0.25, -0.2) is 18.2 Å². The van der Waals surface area contributed by atoms with Crippen LogP contribution in [0.2, 0.25) is 0 Å². The zero-order valence-corrected chi connectivity index (χ0v) is 12.4. The van der Waals surface area contributed by atoms with Gasteiger partial charge in [0.2, 0.25) is 0 Å². The Kier molecular flexibility index (Phi) is 3.70. The Labute approximate surface area is 118 Å². The average molecular weight is 318 g/mol. The molecule has 2 aromatic heterocycles. The van der Waals surface area contributed by atoms with Crippen molar-refractivity contribution in [1.82, 2.24) is 14.1 Å². The van der Waals surface area contributed by atoms with Crippen LogP contribution in [0.3, 0.4) is 0 Å². The molecule has 0 aromatic carbocycles. The lowest BCUT2D eigenvalue weighted by Gasteiger charge is -2.10. The highest BCUT2D eigenvalue weighted by Gasteiger charge is 2.16. The molecule has 2 heterocycles. The Morgan fingerprint density at radius 3 is 2.55 bits per heavy atom. The van der Waals surface area contributed by atoms with E-state index in [4.69, 9.17) is 10.7 Å². The van der Waals surface area contributed by atoms with Crippen molar-refractivity contribution in [3.8, 4) is 0 Å². The highest BCUT2D eigenvalue weighted by molar-refractivity contribution is 8.13. The summed E-state index contributed by atoms with van der Waals surface area (Å²) < 4.78 is 24.9. The molecule has 0 N–H and O–H groups in total. The third kappa shape index (κ3) is 2.36. The maximum absolute atomic E-state index is 12.1. The molecule has 0 aliphatic rings. The first-order valence-corrected chi connectivity index (χ1v) is 8.12. The number of rotatable bonds is 3. The molecule has 0 amide bonds. The van der Waals surface area contributed by atoms with E-state index < -0.39 is 20.3 Å². The molecule has 0 unspecified atom stereocenters. The van der Waals surface area contributed by atoms with Crippen LogP contribution in [0, 0.1) is 0 Å². The van der Waals surface area contributed by atoms with Crippen LogP contribution >= 0.6 is 10.7 Å². The molecule has 0 aliphatic heterocycles. The molecule has 0 spiro atoms. The molecule has 20 heavy (non-hydrogen) atoms. The van der Waals surface area contributed by atoms with E-state index in [9.17, 15) is 18.0 Å². The molecule has 2 rings (SSSR count). The summed E-state index contributed by atoms with van der Waals surface area (Å²) in [5.41, 5.74) is -0.936. The standard InChI is InChI=1S/C11H12ClN3O4S/c1-3-4-15-9-8(10(16)14(2)11(15)17)5-7(6-13-9)20(12,18)19/h5-6H,3-4H2,1-2H3. The van der Waals surface area contributed by atoms with Crippen molar-refractivity contribution in [2.75, 3.05) is 0 Å². The number of fused-ring (bicyclic) bond motifs is 1. The van der Waals surface area contributed by atoms with Crippen molar-refractivity contribution >= 4 is 30.8 Å². The number of pyridine rings is 1. The van der Waals surface area contributed by atoms with Gasteiger partial charge >= 0.3 is 5.69 Å². The summed E-state index contributed by atoms with van der Waals surface area (Å²) in [6.07, 6.45) is 1.71. The molecule has 0 fully saturated rings. The summed E-state index contributed by atoms with van der Waals surface area (Å²) in [5.74, 6) is 0. The number of halogens is 1. The lowest BCUT2D eigenvalue weighted by Crippen LogP contribution is -2.38. The molecule has 108 valence electrons. The van der Waals surface area contributed by atoms with Crippen LogP contribution in [0.25, 0.3) is 11.0 Å². The van der Waals surface area contributed by atoms with Crippen LogP contribution in [-0.4, -0.2) is 22.5 Å². The molecule has 0 radical (unpaired) electrons. The van der Waals surface area contributed by atoms with Crippen LogP contribution < -0.4 is 11.2 Å². The smallest absolute Gasteiger partial charge is 0.277 e. The maximum Gasteiger partial charge on any atom is 0.332 e. The summed E-state index contributed by atoms with van der Waals surface area (Å²) >= 11 is 0. The number of hydrogen-bond donors (Lipinski definition) is 0. The molecular weight excluding hydrogens is 306 g/mol. The first kappa shape index (κ1) is 14.7. The Morgan fingerprint density at radius 2 is 2.00 bits per heavy atom. The van der Waals surface area contributed by atoms with E-state index in [1.807, 2.05) is 6.92 Å². The number of nitrogens with zero attached hydrogens (tertiary/aromatic N) is 3. The fraction of sp³-hybridized carbons (Fsp3) is 0.364. The minimum absolute atomic E-state index is 0.0438.